The molecule has 0 radical (unpaired) electrons. The van der Waals surface area contributed by atoms with Crippen LogP contribution in [0.2, 0.25) is 0 Å². The van der Waals surface area contributed by atoms with Gasteiger partial charge in [0.25, 0.3) is 0 Å². The second-order valence-corrected chi connectivity index (χ2v) is 12.0. The van der Waals surface area contributed by atoms with Crippen molar-refractivity contribution in [1.82, 2.24) is 10.4 Å². The summed E-state index contributed by atoms with van der Waals surface area (Å²) in [5.41, 5.74) is 3.24. The van der Waals surface area contributed by atoms with E-state index in [1.807, 2.05) is 113 Å². The summed E-state index contributed by atoms with van der Waals surface area (Å²) in [6.07, 6.45) is -0.822. The van der Waals surface area contributed by atoms with Crippen LogP contribution < -0.4 is 5.32 Å². The lowest BCUT2D eigenvalue weighted by Crippen LogP contribution is -2.49. The molecule has 0 spiro atoms. The molecule has 3 aromatic rings. The Labute approximate surface area is 216 Å². The molecule has 3 aromatic carbocycles. The van der Waals surface area contributed by atoms with Crippen LogP contribution in [0.25, 0.3) is 0 Å². The minimum atomic E-state index is -2.44. The van der Waals surface area contributed by atoms with Crippen molar-refractivity contribution in [2.45, 2.75) is 62.6 Å². The zero-order valence-electron chi connectivity index (χ0n) is 21.6. The van der Waals surface area contributed by atoms with Gasteiger partial charge in [-0.25, -0.2) is 0 Å². The number of rotatable bonds is 8. The lowest BCUT2D eigenvalue weighted by molar-refractivity contribution is -0.216. The van der Waals surface area contributed by atoms with Gasteiger partial charge in [0, 0.05) is 23.2 Å². The molecule has 192 valence electrons. The van der Waals surface area contributed by atoms with Gasteiger partial charge >= 0.3 is 0 Å². The topological polar surface area (TPSA) is 96.7 Å². The van der Waals surface area contributed by atoms with E-state index in [1.165, 1.54) is 5.06 Å². The Balaban J connectivity index is 1.64. The van der Waals surface area contributed by atoms with E-state index < -0.39 is 38.6 Å². The number of nitrogens with zero attached hydrogens (tertiary/aromatic N) is 1. The van der Waals surface area contributed by atoms with Gasteiger partial charge < -0.3 is 15.6 Å². The van der Waals surface area contributed by atoms with Gasteiger partial charge in [-0.1, -0.05) is 78.9 Å². The highest BCUT2D eigenvalue weighted by atomic mass is 32.2. The van der Waals surface area contributed by atoms with Crippen molar-refractivity contribution in [2.24, 2.45) is 0 Å². The van der Waals surface area contributed by atoms with Gasteiger partial charge in [-0.3, -0.25) is 8.99 Å². The first-order chi connectivity index (χ1) is 16.9. The zero-order valence-corrected chi connectivity index (χ0v) is 22.5. The summed E-state index contributed by atoms with van der Waals surface area (Å²) in [5, 5.41) is 26.7. The molecule has 1 aliphatic rings. The number of hydroxylamine groups is 2. The molecule has 4 rings (SSSR count). The summed E-state index contributed by atoms with van der Waals surface area (Å²) in [6.45, 7) is 10.0. The lowest BCUT2D eigenvalue weighted by atomic mass is 9.84. The number of aliphatic hydroxyl groups is 1. The van der Waals surface area contributed by atoms with Crippen LogP contribution in [0.1, 0.15) is 68.5 Å². The van der Waals surface area contributed by atoms with Crippen molar-refractivity contribution in [3.8, 4) is 0 Å². The summed E-state index contributed by atoms with van der Waals surface area (Å²) >= 11 is 0. The molecule has 0 fully saturated rings. The monoisotopic (exact) mass is 507 g/mol. The van der Waals surface area contributed by atoms with E-state index in [-0.39, 0.29) is 6.54 Å². The van der Waals surface area contributed by atoms with Crippen molar-refractivity contribution >= 4 is 10.6 Å². The molecule has 0 saturated carbocycles. The predicted molar refractivity (Wildman–Crippen MR) is 144 cm³/mol. The second kappa shape index (κ2) is 9.72. The van der Waals surface area contributed by atoms with E-state index in [2.05, 4.69) is 5.32 Å². The third-order valence-electron chi connectivity index (χ3n) is 7.80. The van der Waals surface area contributed by atoms with Crippen LogP contribution in [0, 0.1) is 4.78 Å². The van der Waals surface area contributed by atoms with Gasteiger partial charge in [0.15, 0.2) is 0 Å². The Morgan fingerprint density at radius 1 is 0.917 bits per heavy atom. The molecule has 4 N–H and O–H groups in total. The minimum absolute atomic E-state index is 0.219. The van der Waals surface area contributed by atoms with Gasteiger partial charge in [0.1, 0.15) is 4.75 Å². The number of nitrogens with one attached hydrogen (secondary N) is 2. The molecule has 3 atom stereocenters. The zero-order chi connectivity index (χ0) is 26.3. The standard InChI is InChI=1S/C29H37N3O3S/c1-20(29(36(30)35,22-12-8-6-9-13-22)23-14-10-7-11-15-23)31-19-26(33)21-16-17-24-25(18-21)28(4,5)32(34)27(24,2)3/h6-18,20,26,30-31,33-34,36H,19H2,1-5H3/t20-,26+/m1/s1. The van der Waals surface area contributed by atoms with Crippen LogP contribution in [0.3, 0.4) is 0 Å². The first-order valence-corrected chi connectivity index (χ1v) is 13.6. The number of hydrogen-bond acceptors (Lipinski definition) is 6. The van der Waals surface area contributed by atoms with Crippen LogP contribution in [0.5, 0.6) is 0 Å². The smallest absolute Gasteiger partial charge is 0.116 e. The highest BCUT2D eigenvalue weighted by Crippen LogP contribution is 2.48. The number of thiol groups is 1. The molecule has 1 aliphatic heterocycles. The summed E-state index contributed by atoms with van der Waals surface area (Å²) in [6, 6.07) is 24.5. The molecule has 0 saturated heterocycles. The molecule has 0 aliphatic carbocycles. The van der Waals surface area contributed by atoms with Crippen LogP contribution in [0.4, 0.5) is 0 Å². The van der Waals surface area contributed by atoms with E-state index in [1.54, 1.807) is 0 Å². The van der Waals surface area contributed by atoms with E-state index in [4.69, 9.17) is 4.78 Å². The van der Waals surface area contributed by atoms with E-state index >= 15 is 0 Å². The summed E-state index contributed by atoms with van der Waals surface area (Å²) in [4.78, 5) is 0. The Morgan fingerprint density at radius 2 is 1.42 bits per heavy atom. The Hall–Kier alpha value is -2.55. The molecule has 0 aromatic heterocycles. The average molecular weight is 508 g/mol. The molecule has 6 nitrogen and oxygen atoms in total. The van der Waals surface area contributed by atoms with Gasteiger partial charge in [-0.2, -0.15) is 5.06 Å². The van der Waals surface area contributed by atoms with E-state index in [9.17, 15) is 14.5 Å². The van der Waals surface area contributed by atoms with Crippen LogP contribution in [0.15, 0.2) is 78.9 Å². The third kappa shape index (κ3) is 4.19. The molecular weight excluding hydrogens is 470 g/mol. The molecule has 7 heteroatoms. The highest BCUT2D eigenvalue weighted by molar-refractivity contribution is 7.75. The molecule has 1 heterocycles. The quantitative estimate of drug-likeness (QED) is 0.275. The van der Waals surface area contributed by atoms with E-state index in [0.29, 0.717) is 0 Å². The van der Waals surface area contributed by atoms with Crippen LogP contribution in [-0.2, 0) is 26.4 Å². The van der Waals surface area contributed by atoms with Crippen molar-refractivity contribution in [3.63, 3.8) is 0 Å². The predicted octanol–water partition coefficient (Wildman–Crippen LogP) is 5.06. The SMILES string of the molecule is C[C@@H](NC[C@H](O)c1ccc2c(c1)C(C)(C)N(O)C2(C)C)C(c1ccccc1)(c1ccccc1)[SH](=N)=O. The maximum Gasteiger partial charge on any atom is 0.116 e. The minimum Gasteiger partial charge on any atom is -0.387 e. The third-order valence-corrected chi connectivity index (χ3v) is 9.34. The fourth-order valence-electron chi connectivity index (χ4n) is 5.75. The Bertz CT molecular complexity index is 1240. The molecule has 0 bridgehead atoms. The van der Waals surface area contributed by atoms with Gasteiger partial charge in [-0.05, 0) is 62.4 Å². The normalized spacial score (nSPS) is 19.4. The summed E-state index contributed by atoms with van der Waals surface area (Å²) in [7, 11) is -2.44. The average Bonchev–Trinajstić information content (AvgIpc) is 3.00. The van der Waals surface area contributed by atoms with Crippen molar-refractivity contribution < 1.29 is 14.5 Å². The number of hydrogen-bond donors (Lipinski definition) is 5. The van der Waals surface area contributed by atoms with Gasteiger partial charge in [0.2, 0.25) is 0 Å². The van der Waals surface area contributed by atoms with Crippen molar-refractivity contribution in [3.05, 3.63) is 107 Å². The Morgan fingerprint density at radius 3 is 1.92 bits per heavy atom. The van der Waals surface area contributed by atoms with Gasteiger partial charge in [-0.15, -0.1) is 0 Å². The van der Waals surface area contributed by atoms with Crippen molar-refractivity contribution in [1.29, 1.82) is 4.78 Å². The molecule has 0 amide bonds. The summed E-state index contributed by atoms with van der Waals surface area (Å²) < 4.78 is 20.6. The van der Waals surface area contributed by atoms with Crippen LogP contribution >= 0.6 is 0 Å². The highest BCUT2D eigenvalue weighted by Gasteiger charge is 2.49. The first kappa shape index (κ1) is 26.5. The molecular formula is C29H37N3O3S. The second-order valence-electron chi connectivity index (χ2n) is 10.7. The number of fused-ring (bicyclic) bond motifs is 1. The van der Waals surface area contributed by atoms with E-state index in [0.717, 1.165) is 27.8 Å². The van der Waals surface area contributed by atoms with Crippen LogP contribution in [-0.4, -0.2) is 32.2 Å². The fourth-order valence-corrected chi connectivity index (χ4v) is 6.96. The maximum absolute atomic E-state index is 13.2. The molecule has 1 unspecified atom stereocenters. The largest absolute Gasteiger partial charge is 0.387 e. The number of aliphatic hydroxyl groups excluding tert-OH is 1. The number of benzene rings is 3. The van der Waals surface area contributed by atoms with Crippen molar-refractivity contribution in [2.75, 3.05) is 6.54 Å². The molecule has 36 heavy (non-hydrogen) atoms. The Kier molecular flexibility index (Phi) is 7.16. The summed E-state index contributed by atoms with van der Waals surface area (Å²) in [5.74, 6) is 0. The van der Waals surface area contributed by atoms with Gasteiger partial charge in [0.05, 0.1) is 17.2 Å². The maximum atomic E-state index is 13.2. The fraction of sp³-hybridized carbons (Fsp3) is 0.379. The first-order valence-electron chi connectivity index (χ1n) is 12.3. The lowest BCUT2D eigenvalue weighted by Gasteiger charge is -2.37.